The second-order valence-electron chi connectivity index (χ2n) is 8.11. The number of ether oxygens (including phenoxy) is 1. The monoisotopic (exact) mass is 366 g/mol. The number of sulfonamides is 1. The van der Waals surface area contributed by atoms with Crippen LogP contribution in [0.3, 0.4) is 0 Å². The van der Waals surface area contributed by atoms with Crippen LogP contribution in [0.1, 0.15) is 39.2 Å². The number of hydrogen-bond acceptors (Lipinski definition) is 4. The van der Waals surface area contributed by atoms with Crippen molar-refractivity contribution in [2.24, 2.45) is 0 Å². The molecular weight excluding hydrogens is 336 g/mol. The van der Waals surface area contributed by atoms with E-state index in [1.54, 1.807) is 16.4 Å². The maximum absolute atomic E-state index is 12.9. The van der Waals surface area contributed by atoms with E-state index >= 15 is 0 Å². The predicted molar refractivity (Wildman–Crippen MR) is 99.3 cm³/mol. The van der Waals surface area contributed by atoms with Crippen molar-refractivity contribution in [1.29, 1.82) is 0 Å². The fourth-order valence-corrected chi connectivity index (χ4v) is 4.93. The van der Waals surface area contributed by atoms with Crippen molar-refractivity contribution in [3.8, 4) is 0 Å². The molecule has 1 aromatic carbocycles. The van der Waals surface area contributed by atoms with Gasteiger partial charge in [-0.25, -0.2) is 8.42 Å². The molecule has 0 amide bonds. The van der Waals surface area contributed by atoms with E-state index in [-0.39, 0.29) is 5.41 Å². The molecule has 2 fully saturated rings. The molecule has 2 heterocycles. The first kappa shape index (κ1) is 18.8. The van der Waals surface area contributed by atoms with Crippen LogP contribution >= 0.6 is 0 Å². The van der Waals surface area contributed by atoms with Crippen molar-refractivity contribution in [3.05, 3.63) is 29.8 Å². The third-order valence-corrected chi connectivity index (χ3v) is 7.09. The van der Waals surface area contributed by atoms with E-state index in [9.17, 15) is 8.42 Å². The summed E-state index contributed by atoms with van der Waals surface area (Å²) in [6.07, 6.45) is 2.59. The van der Waals surface area contributed by atoms with Crippen molar-refractivity contribution in [3.63, 3.8) is 0 Å². The zero-order valence-corrected chi connectivity index (χ0v) is 16.4. The van der Waals surface area contributed by atoms with E-state index < -0.39 is 10.0 Å². The molecule has 6 heteroatoms. The van der Waals surface area contributed by atoms with Gasteiger partial charge in [-0.15, -0.1) is 0 Å². The van der Waals surface area contributed by atoms with Gasteiger partial charge >= 0.3 is 0 Å². The highest BCUT2D eigenvalue weighted by Gasteiger charge is 2.30. The Morgan fingerprint density at radius 3 is 2.24 bits per heavy atom. The van der Waals surface area contributed by atoms with Crippen LogP contribution in [-0.4, -0.2) is 63.1 Å². The third kappa shape index (κ3) is 4.42. The first-order chi connectivity index (χ1) is 11.8. The van der Waals surface area contributed by atoms with Gasteiger partial charge in [0, 0.05) is 39.3 Å². The van der Waals surface area contributed by atoms with E-state index in [1.807, 2.05) is 12.1 Å². The lowest BCUT2D eigenvalue weighted by Crippen LogP contribution is -2.50. The number of rotatable bonds is 4. The summed E-state index contributed by atoms with van der Waals surface area (Å²) in [4.78, 5) is 2.72. The van der Waals surface area contributed by atoms with Gasteiger partial charge in [-0.2, -0.15) is 4.31 Å². The van der Waals surface area contributed by atoms with Gasteiger partial charge in [0.15, 0.2) is 0 Å². The second kappa shape index (κ2) is 7.35. The maximum Gasteiger partial charge on any atom is 0.243 e. The number of benzene rings is 1. The van der Waals surface area contributed by atoms with Crippen molar-refractivity contribution < 1.29 is 13.2 Å². The molecule has 0 bridgehead atoms. The van der Waals surface area contributed by atoms with Crippen molar-refractivity contribution in [2.75, 3.05) is 39.3 Å². The zero-order chi connectivity index (χ0) is 18.1. The molecular formula is C19H30N2O3S. The molecule has 0 N–H and O–H groups in total. The Kier molecular flexibility index (Phi) is 5.54. The van der Waals surface area contributed by atoms with Gasteiger partial charge in [0.1, 0.15) is 0 Å². The molecule has 0 spiro atoms. The quantitative estimate of drug-likeness (QED) is 0.821. The summed E-state index contributed by atoms with van der Waals surface area (Å²) in [5, 5.41) is 0. The Labute approximate surface area is 152 Å². The highest BCUT2D eigenvalue weighted by molar-refractivity contribution is 7.89. The van der Waals surface area contributed by atoms with Gasteiger partial charge in [0.25, 0.3) is 0 Å². The molecule has 25 heavy (non-hydrogen) atoms. The van der Waals surface area contributed by atoms with Crippen molar-refractivity contribution in [1.82, 2.24) is 9.21 Å². The summed E-state index contributed by atoms with van der Waals surface area (Å²) in [5.74, 6) is 0. The minimum absolute atomic E-state index is 0.0240. The minimum Gasteiger partial charge on any atom is -0.377 e. The van der Waals surface area contributed by atoms with Gasteiger partial charge in [-0.1, -0.05) is 32.9 Å². The Bertz CT molecular complexity index is 666. The summed E-state index contributed by atoms with van der Waals surface area (Å²) < 4.78 is 33.1. The largest absolute Gasteiger partial charge is 0.377 e. The molecule has 0 aliphatic carbocycles. The zero-order valence-electron chi connectivity index (χ0n) is 15.6. The molecule has 1 aromatic rings. The second-order valence-corrected chi connectivity index (χ2v) is 10.1. The molecule has 2 aliphatic heterocycles. The summed E-state index contributed by atoms with van der Waals surface area (Å²) >= 11 is 0. The van der Waals surface area contributed by atoms with E-state index in [4.69, 9.17) is 4.74 Å². The lowest BCUT2D eigenvalue weighted by Gasteiger charge is -2.35. The summed E-state index contributed by atoms with van der Waals surface area (Å²) in [6, 6.07) is 7.35. The van der Waals surface area contributed by atoms with Crippen molar-refractivity contribution >= 4 is 10.0 Å². The average molecular weight is 367 g/mol. The molecule has 140 valence electrons. The van der Waals surface area contributed by atoms with E-state index in [1.165, 1.54) is 0 Å². The smallest absolute Gasteiger partial charge is 0.243 e. The first-order valence-corrected chi connectivity index (χ1v) is 10.7. The molecule has 2 saturated heterocycles. The van der Waals surface area contributed by atoms with Crippen LogP contribution in [-0.2, 0) is 20.2 Å². The first-order valence-electron chi connectivity index (χ1n) is 9.21. The van der Waals surface area contributed by atoms with Crippen LogP contribution in [0.5, 0.6) is 0 Å². The normalized spacial score (nSPS) is 23.9. The number of piperazine rings is 1. The van der Waals surface area contributed by atoms with Crippen LogP contribution in [0.4, 0.5) is 0 Å². The highest BCUT2D eigenvalue weighted by atomic mass is 32.2. The van der Waals surface area contributed by atoms with Gasteiger partial charge in [-0.3, -0.25) is 4.90 Å². The maximum atomic E-state index is 12.9. The van der Waals surface area contributed by atoms with Crippen LogP contribution in [0.15, 0.2) is 29.2 Å². The van der Waals surface area contributed by atoms with E-state index in [0.717, 1.165) is 44.6 Å². The fraction of sp³-hybridized carbons (Fsp3) is 0.684. The van der Waals surface area contributed by atoms with E-state index in [2.05, 4.69) is 25.7 Å². The summed E-state index contributed by atoms with van der Waals surface area (Å²) in [6.45, 7) is 10.8. The summed E-state index contributed by atoms with van der Waals surface area (Å²) in [5.41, 5.74) is 1.17. The van der Waals surface area contributed by atoms with Crippen molar-refractivity contribution in [2.45, 2.75) is 50.0 Å². The molecule has 0 radical (unpaired) electrons. The Balaban J connectivity index is 1.61. The Morgan fingerprint density at radius 2 is 1.72 bits per heavy atom. The van der Waals surface area contributed by atoms with Gasteiger partial charge in [0.05, 0.1) is 11.0 Å². The lowest BCUT2D eigenvalue weighted by molar-refractivity contribution is 0.0617. The standard InChI is InChI=1S/C19H30N2O3S/c1-19(2,3)16-6-8-18(9-7-16)25(22,23)21-12-10-20(11-13-21)15-17-5-4-14-24-17/h6-9,17H,4-5,10-15H2,1-3H3. The Hall–Kier alpha value is -0.950. The molecule has 1 unspecified atom stereocenters. The average Bonchev–Trinajstić information content (AvgIpc) is 3.08. The molecule has 1 atom stereocenters. The van der Waals surface area contributed by atoms with Crippen LogP contribution in [0.25, 0.3) is 0 Å². The van der Waals surface area contributed by atoms with Gasteiger partial charge < -0.3 is 4.74 Å². The molecule has 3 rings (SSSR count). The highest BCUT2D eigenvalue weighted by Crippen LogP contribution is 2.25. The van der Waals surface area contributed by atoms with Gasteiger partial charge in [0.2, 0.25) is 10.0 Å². The van der Waals surface area contributed by atoms with Crippen LogP contribution < -0.4 is 0 Å². The number of hydrogen-bond donors (Lipinski definition) is 0. The topological polar surface area (TPSA) is 49.9 Å². The summed E-state index contributed by atoms with van der Waals surface area (Å²) in [7, 11) is -3.40. The van der Waals surface area contributed by atoms with Gasteiger partial charge in [-0.05, 0) is 36.0 Å². The minimum atomic E-state index is -3.40. The molecule has 2 aliphatic rings. The Morgan fingerprint density at radius 1 is 1.08 bits per heavy atom. The van der Waals surface area contributed by atoms with E-state index in [0.29, 0.717) is 24.1 Å². The SMILES string of the molecule is CC(C)(C)c1ccc(S(=O)(=O)N2CCN(CC3CCCO3)CC2)cc1. The molecule has 0 saturated carbocycles. The third-order valence-electron chi connectivity index (χ3n) is 5.18. The fourth-order valence-electron chi connectivity index (χ4n) is 3.50. The lowest BCUT2D eigenvalue weighted by atomic mass is 9.87. The van der Waals surface area contributed by atoms with Crippen LogP contribution in [0.2, 0.25) is 0 Å². The molecule has 0 aromatic heterocycles. The molecule has 5 nitrogen and oxygen atoms in total. The number of nitrogens with zero attached hydrogens (tertiary/aromatic N) is 2. The van der Waals surface area contributed by atoms with Crippen LogP contribution in [0, 0.1) is 0 Å². The predicted octanol–water partition coefficient (Wildman–Crippen LogP) is 2.47.